The van der Waals surface area contributed by atoms with Crippen molar-refractivity contribution in [2.75, 3.05) is 18.0 Å². The molecule has 1 amide bonds. The van der Waals surface area contributed by atoms with Gasteiger partial charge in [-0.05, 0) is 19.9 Å². The predicted octanol–water partition coefficient (Wildman–Crippen LogP) is 3.16. The van der Waals surface area contributed by atoms with E-state index in [1.165, 1.54) is 0 Å². The first kappa shape index (κ1) is 20.3. The van der Waals surface area contributed by atoms with Crippen molar-refractivity contribution in [1.29, 1.82) is 0 Å². The third kappa shape index (κ3) is 4.11. The van der Waals surface area contributed by atoms with Crippen LogP contribution in [0.1, 0.15) is 17.1 Å². The van der Waals surface area contributed by atoms with Gasteiger partial charge in [-0.15, -0.1) is 11.3 Å². The molecule has 9 heteroatoms. The van der Waals surface area contributed by atoms with E-state index in [0.717, 1.165) is 39.3 Å². The summed E-state index contributed by atoms with van der Waals surface area (Å²) in [7, 11) is 0. The Morgan fingerprint density at radius 1 is 1.12 bits per heavy atom. The molecule has 1 aromatic carbocycles. The predicted molar refractivity (Wildman–Crippen MR) is 124 cm³/mol. The maximum atomic E-state index is 12.6. The Bertz CT molecular complexity index is 1240. The topological polar surface area (TPSA) is 88.8 Å². The summed E-state index contributed by atoms with van der Waals surface area (Å²) < 4.78 is 1.81. The van der Waals surface area contributed by atoms with Crippen LogP contribution in [-0.2, 0) is 11.3 Å². The Morgan fingerprint density at radius 3 is 2.66 bits per heavy atom. The number of amides is 1. The molecule has 1 aliphatic heterocycles. The van der Waals surface area contributed by atoms with E-state index >= 15 is 0 Å². The van der Waals surface area contributed by atoms with Gasteiger partial charge in [0.2, 0.25) is 5.91 Å². The molecule has 0 unspecified atom stereocenters. The van der Waals surface area contributed by atoms with E-state index in [0.29, 0.717) is 19.6 Å². The first-order valence-electron chi connectivity index (χ1n) is 10.4. The SMILES string of the molecule is Cc1cc(C)n(-c2cc(N3CC(C(=O)NCc4csc(-c5ccccc5)n4)C3)ncn2)n1. The number of hydrogen-bond acceptors (Lipinski definition) is 7. The number of rotatable bonds is 6. The number of aromatic nitrogens is 5. The van der Waals surface area contributed by atoms with Gasteiger partial charge in [0.05, 0.1) is 23.9 Å². The van der Waals surface area contributed by atoms with E-state index < -0.39 is 0 Å². The number of benzene rings is 1. The summed E-state index contributed by atoms with van der Waals surface area (Å²) in [4.78, 5) is 28.0. The van der Waals surface area contributed by atoms with Crippen LogP contribution in [-0.4, -0.2) is 43.7 Å². The summed E-state index contributed by atoms with van der Waals surface area (Å²) in [6, 6.07) is 14.0. The van der Waals surface area contributed by atoms with E-state index in [2.05, 4.69) is 30.3 Å². The van der Waals surface area contributed by atoms with Crippen LogP contribution in [0.25, 0.3) is 16.4 Å². The van der Waals surface area contributed by atoms with Crippen LogP contribution in [0.4, 0.5) is 5.82 Å². The molecule has 0 saturated carbocycles. The molecule has 1 N–H and O–H groups in total. The van der Waals surface area contributed by atoms with Crippen LogP contribution >= 0.6 is 11.3 Å². The highest BCUT2D eigenvalue weighted by atomic mass is 32.1. The minimum atomic E-state index is -0.0608. The smallest absolute Gasteiger partial charge is 0.227 e. The van der Waals surface area contributed by atoms with Crippen LogP contribution in [0.3, 0.4) is 0 Å². The van der Waals surface area contributed by atoms with Crippen molar-refractivity contribution >= 4 is 23.1 Å². The maximum absolute atomic E-state index is 12.6. The number of nitrogens with one attached hydrogen (secondary N) is 1. The lowest BCUT2D eigenvalue weighted by Crippen LogP contribution is -2.54. The second-order valence-corrected chi connectivity index (χ2v) is 8.76. The summed E-state index contributed by atoms with van der Waals surface area (Å²) in [5, 5.41) is 10.5. The first-order chi connectivity index (χ1) is 15.6. The van der Waals surface area contributed by atoms with Crippen LogP contribution in [0.2, 0.25) is 0 Å². The summed E-state index contributed by atoms with van der Waals surface area (Å²) >= 11 is 1.59. The molecular formula is C23H23N7OS. The molecule has 0 spiro atoms. The molecule has 1 saturated heterocycles. The molecule has 0 radical (unpaired) electrons. The third-order valence-corrected chi connectivity index (χ3v) is 6.40. The molecule has 4 heterocycles. The number of anilines is 1. The lowest BCUT2D eigenvalue weighted by Gasteiger charge is -2.39. The molecule has 0 bridgehead atoms. The van der Waals surface area contributed by atoms with Gasteiger partial charge in [0.1, 0.15) is 17.2 Å². The van der Waals surface area contributed by atoms with E-state index in [-0.39, 0.29) is 11.8 Å². The van der Waals surface area contributed by atoms with Gasteiger partial charge < -0.3 is 10.2 Å². The summed E-state index contributed by atoms with van der Waals surface area (Å²) in [6.45, 7) is 5.65. The van der Waals surface area contributed by atoms with Gasteiger partial charge in [0, 0.05) is 35.8 Å². The van der Waals surface area contributed by atoms with E-state index in [1.807, 2.05) is 66.4 Å². The Morgan fingerprint density at radius 2 is 1.91 bits per heavy atom. The van der Waals surface area contributed by atoms with Gasteiger partial charge >= 0.3 is 0 Å². The minimum Gasteiger partial charge on any atom is -0.355 e. The number of nitrogens with zero attached hydrogens (tertiary/aromatic N) is 6. The number of thiazole rings is 1. The van der Waals surface area contributed by atoms with Crippen LogP contribution in [0.5, 0.6) is 0 Å². The van der Waals surface area contributed by atoms with Crippen molar-refractivity contribution in [2.45, 2.75) is 20.4 Å². The molecule has 4 aromatic rings. The lowest BCUT2D eigenvalue weighted by atomic mass is 9.99. The quantitative estimate of drug-likeness (QED) is 0.490. The second-order valence-electron chi connectivity index (χ2n) is 7.90. The molecule has 0 atom stereocenters. The average molecular weight is 446 g/mol. The Kier molecular flexibility index (Phi) is 5.40. The standard InChI is InChI=1S/C23H23N7OS/c1-15-8-16(2)30(28-15)21-9-20(25-14-26-21)29-11-18(12-29)22(31)24-10-19-13-32-23(27-19)17-6-4-3-5-7-17/h3-9,13-14,18H,10-12H2,1-2H3,(H,24,31). The van der Waals surface area contributed by atoms with Crippen molar-refractivity contribution in [2.24, 2.45) is 5.92 Å². The molecular weight excluding hydrogens is 422 g/mol. The number of hydrogen-bond donors (Lipinski definition) is 1. The summed E-state index contributed by atoms with van der Waals surface area (Å²) in [5.74, 6) is 1.52. The van der Waals surface area contributed by atoms with Gasteiger partial charge in [-0.1, -0.05) is 30.3 Å². The molecule has 1 aliphatic rings. The highest BCUT2D eigenvalue weighted by Gasteiger charge is 2.33. The fraction of sp³-hybridized carbons (Fsp3) is 0.261. The fourth-order valence-electron chi connectivity index (χ4n) is 3.74. The maximum Gasteiger partial charge on any atom is 0.227 e. The van der Waals surface area contributed by atoms with Crippen molar-refractivity contribution in [3.05, 3.63) is 71.3 Å². The van der Waals surface area contributed by atoms with Crippen molar-refractivity contribution in [1.82, 2.24) is 30.0 Å². The van der Waals surface area contributed by atoms with Gasteiger partial charge in [-0.2, -0.15) is 5.10 Å². The number of carbonyl (C=O) groups excluding carboxylic acids is 1. The average Bonchev–Trinajstić information content (AvgIpc) is 3.38. The monoisotopic (exact) mass is 445 g/mol. The van der Waals surface area contributed by atoms with Crippen LogP contribution in [0, 0.1) is 19.8 Å². The van der Waals surface area contributed by atoms with Crippen LogP contribution in [0.15, 0.2) is 54.2 Å². The summed E-state index contributed by atoms with van der Waals surface area (Å²) in [6.07, 6.45) is 1.54. The molecule has 0 aliphatic carbocycles. The molecule has 5 rings (SSSR count). The zero-order valence-corrected chi connectivity index (χ0v) is 18.7. The lowest BCUT2D eigenvalue weighted by molar-refractivity contribution is -0.125. The molecule has 1 fully saturated rings. The van der Waals surface area contributed by atoms with Crippen molar-refractivity contribution in [3.63, 3.8) is 0 Å². The van der Waals surface area contributed by atoms with E-state index in [9.17, 15) is 4.79 Å². The van der Waals surface area contributed by atoms with E-state index in [1.54, 1.807) is 17.7 Å². The summed E-state index contributed by atoms with van der Waals surface area (Å²) in [5.41, 5.74) is 3.93. The first-order valence-corrected chi connectivity index (χ1v) is 11.3. The van der Waals surface area contributed by atoms with Crippen LogP contribution < -0.4 is 10.2 Å². The normalized spacial score (nSPS) is 13.8. The van der Waals surface area contributed by atoms with Crippen molar-refractivity contribution in [3.8, 4) is 16.4 Å². The largest absolute Gasteiger partial charge is 0.355 e. The number of carbonyl (C=O) groups is 1. The fourth-order valence-corrected chi connectivity index (χ4v) is 4.57. The minimum absolute atomic E-state index is 0.0448. The molecule has 3 aromatic heterocycles. The second kappa shape index (κ2) is 8.51. The van der Waals surface area contributed by atoms with Gasteiger partial charge in [0.15, 0.2) is 5.82 Å². The number of aryl methyl sites for hydroxylation is 2. The Labute approximate surface area is 190 Å². The highest BCUT2D eigenvalue weighted by Crippen LogP contribution is 2.25. The van der Waals surface area contributed by atoms with Gasteiger partial charge in [0.25, 0.3) is 0 Å². The van der Waals surface area contributed by atoms with E-state index in [4.69, 9.17) is 0 Å². The van der Waals surface area contributed by atoms with Crippen molar-refractivity contribution < 1.29 is 4.79 Å². The zero-order valence-electron chi connectivity index (χ0n) is 17.9. The molecule has 32 heavy (non-hydrogen) atoms. The Hall–Kier alpha value is -3.59. The Balaban J connectivity index is 1.16. The zero-order chi connectivity index (χ0) is 22.1. The van der Waals surface area contributed by atoms with Gasteiger partial charge in [-0.25, -0.2) is 19.6 Å². The van der Waals surface area contributed by atoms with Gasteiger partial charge in [-0.3, -0.25) is 4.79 Å². The molecule has 8 nitrogen and oxygen atoms in total. The third-order valence-electron chi connectivity index (χ3n) is 5.46. The highest BCUT2D eigenvalue weighted by molar-refractivity contribution is 7.13. The molecule has 162 valence electrons.